The Hall–Kier alpha value is -2.67. The highest BCUT2D eigenvalue weighted by Gasteiger charge is 2.14. The Morgan fingerprint density at radius 3 is 2.17 bits per heavy atom. The van der Waals surface area contributed by atoms with E-state index in [9.17, 15) is 14.9 Å². The molecule has 0 unspecified atom stereocenters. The molecule has 0 amide bonds. The summed E-state index contributed by atoms with van der Waals surface area (Å²) in [5.41, 5.74) is 0.205. The number of rotatable bonds is 3. The smallest absolute Gasteiger partial charge is 0.305 e. The van der Waals surface area contributed by atoms with Crippen molar-refractivity contribution in [3.8, 4) is 0 Å². The lowest BCUT2D eigenvalue weighted by molar-refractivity contribution is -0.385. The number of ketones is 1. The van der Waals surface area contributed by atoms with Crippen LogP contribution < -0.4 is 6.15 Å². The number of aromatic nitrogens is 2. The van der Waals surface area contributed by atoms with E-state index in [1.54, 1.807) is 30.3 Å². The van der Waals surface area contributed by atoms with Crippen LogP contribution in [0.5, 0.6) is 0 Å². The van der Waals surface area contributed by atoms with Gasteiger partial charge < -0.3 is 6.15 Å². The quantitative estimate of drug-likeness (QED) is 0.500. The molecule has 0 aliphatic rings. The Labute approximate surface area is 102 Å². The molecule has 7 nitrogen and oxygen atoms in total. The second kappa shape index (κ2) is 5.60. The van der Waals surface area contributed by atoms with E-state index in [0.29, 0.717) is 5.56 Å². The Morgan fingerprint density at radius 2 is 1.67 bits per heavy atom. The summed E-state index contributed by atoms with van der Waals surface area (Å²) < 4.78 is 0. The summed E-state index contributed by atoms with van der Waals surface area (Å²) in [4.78, 5) is 29.0. The molecule has 0 fully saturated rings. The second-order valence-corrected chi connectivity index (χ2v) is 3.22. The molecule has 0 saturated heterocycles. The van der Waals surface area contributed by atoms with Crippen molar-refractivity contribution in [3.05, 3.63) is 64.2 Å². The molecule has 0 spiro atoms. The van der Waals surface area contributed by atoms with Crippen LogP contribution in [-0.2, 0) is 0 Å². The fourth-order valence-corrected chi connectivity index (χ4v) is 1.25. The van der Waals surface area contributed by atoms with Gasteiger partial charge >= 0.3 is 5.69 Å². The summed E-state index contributed by atoms with van der Waals surface area (Å²) in [6.45, 7) is 0. The summed E-state index contributed by atoms with van der Waals surface area (Å²) >= 11 is 0. The first kappa shape index (κ1) is 13.4. The van der Waals surface area contributed by atoms with Crippen molar-refractivity contribution in [2.75, 3.05) is 0 Å². The van der Waals surface area contributed by atoms with Crippen molar-refractivity contribution < 1.29 is 9.72 Å². The van der Waals surface area contributed by atoms with E-state index in [0.717, 1.165) is 12.4 Å². The van der Waals surface area contributed by atoms with E-state index in [1.807, 2.05) is 0 Å². The van der Waals surface area contributed by atoms with Crippen LogP contribution in [0.1, 0.15) is 16.2 Å². The molecule has 2 rings (SSSR count). The molecule has 7 heteroatoms. The molecule has 1 aromatic carbocycles. The van der Waals surface area contributed by atoms with Crippen LogP contribution in [0.15, 0.2) is 42.7 Å². The van der Waals surface area contributed by atoms with Gasteiger partial charge in [0.1, 0.15) is 12.4 Å². The van der Waals surface area contributed by atoms with Crippen molar-refractivity contribution in [3.63, 3.8) is 0 Å². The lowest BCUT2D eigenvalue weighted by atomic mass is 10.1. The van der Waals surface area contributed by atoms with Crippen molar-refractivity contribution in [2.24, 2.45) is 0 Å². The number of hydrogen-bond acceptors (Lipinski definition) is 6. The maximum Gasteiger partial charge on any atom is 0.305 e. The van der Waals surface area contributed by atoms with Gasteiger partial charge in [0.05, 0.1) is 4.92 Å². The van der Waals surface area contributed by atoms with E-state index < -0.39 is 4.92 Å². The van der Waals surface area contributed by atoms with Crippen molar-refractivity contribution in [2.45, 2.75) is 0 Å². The van der Waals surface area contributed by atoms with Crippen LogP contribution in [-0.4, -0.2) is 20.7 Å². The van der Waals surface area contributed by atoms with Gasteiger partial charge in [-0.15, -0.1) is 0 Å². The second-order valence-electron chi connectivity index (χ2n) is 3.22. The topological polar surface area (TPSA) is 121 Å². The van der Waals surface area contributed by atoms with E-state index in [4.69, 9.17) is 0 Å². The summed E-state index contributed by atoms with van der Waals surface area (Å²) in [6.07, 6.45) is 2.03. The molecule has 0 radical (unpaired) electrons. The number of nitro groups is 1. The SMILES string of the molecule is N.O=C(c1ccccc1)c1ncc([N+](=O)[O-])cn1. The molecular formula is C11H10N4O3. The van der Waals surface area contributed by atoms with Gasteiger partial charge in [0.25, 0.3) is 0 Å². The largest absolute Gasteiger partial charge is 0.344 e. The first-order valence-electron chi connectivity index (χ1n) is 4.74. The van der Waals surface area contributed by atoms with Crippen LogP contribution in [0.2, 0.25) is 0 Å². The molecule has 2 aromatic rings. The average molecular weight is 246 g/mol. The Morgan fingerprint density at radius 1 is 1.11 bits per heavy atom. The predicted molar refractivity (Wildman–Crippen MR) is 63.6 cm³/mol. The van der Waals surface area contributed by atoms with Crippen LogP contribution >= 0.6 is 0 Å². The van der Waals surface area contributed by atoms with Crippen molar-refractivity contribution >= 4 is 11.5 Å². The monoisotopic (exact) mass is 246 g/mol. The number of hydrogen-bond donors (Lipinski definition) is 1. The van der Waals surface area contributed by atoms with Gasteiger partial charge in [-0.05, 0) is 0 Å². The standard InChI is InChI=1S/C11H7N3O3.H3N/c15-10(8-4-2-1-3-5-8)11-12-6-9(7-13-11)14(16)17;/h1-7H;1H3. The van der Waals surface area contributed by atoms with Crippen molar-refractivity contribution in [1.82, 2.24) is 16.1 Å². The zero-order valence-corrected chi connectivity index (χ0v) is 9.31. The third-order valence-electron chi connectivity index (χ3n) is 2.09. The van der Waals surface area contributed by atoms with E-state index in [2.05, 4.69) is 9.97 Å². The number of benzene rings is 1. The van der Waals surface area contributed by atoms with Crippen LogP contribution in [0.4, 0.5) is 5.69 Å². The van der Waals surface area contributed by atoms with Crippen molar-refractivity contribution in [1.29, 1.82) is 0 Å². The third-order valence-corrected chi connectivity index (χ3v) is 2.09. The third kappa shape index (κ3) is 2.71. The highest BCUT2D eigenvalue weighted by atomic mass is 16.6. The molecular weight excluding hydrogens is 236 g/mol. The van der Waals surface area contributed by atoms with E-state index >= 15 is 0 Å². The Balaban J connectivity index is 0.00000162. The number of nitrogens with zero attached hydrogens (tertiary/aromatic N) is 3. The summed E-state index contributed by atoms with van der Waals surface area (Å²) in [5, 5.41) is 10.4. The highest BCUT2D eigenvalue weighted by Crippen LogP contribution is 2.09. The van der Waals surface area contributed by atoms with E-state index in [1.165, 1.54) is 0 Å². The summed E-state index contributed by atoms with van der Waals surface area (Å²) in [7, 11) is 0. The van der Waals surface area contributed by atoms with Gasteiger partial charge in [-0.25, -0.2) is 9.97 Å². The molecule has 0 bridgehead atoms. The maximum atomic E-state index is 11.8. The fourth-order valence-electron chi connectivity index (χ4n) is 1.25. The van der Waals surface area contributed by atoms with Gasteiger partial charge in [-0.3, -0.25) is 14.9 Å². The van der Waals surface area contributed by atoms with Crippen LogP contribution in [0.25, 0.3) is 0 Å². The molecule has 0 aliphatic heterocycles. The van der Waals surface area contributed by atoms with E-state index in [-0.39, 0.29) is 23.4 Å². The molecule has 0 atom stereocenters. The van der Waals surface area contributed by atoms with Gasteiger partial charge in [0.15, 0.2) is 0 Å². The maximum absolute atomic E-state index is 11.8. The zero-order valence-electron chi connectivity index (χ0n) is 9.31. The minimum absolute atomic E-state index is 0. The van der Waals surface area contributed by atoms with Crippen LogP contribution in [0, 0.1) is 10.1 Å². The van der Waals surface area contributed by atoms with Gasteiger partial charge in [-0.1, -0.05) is 30.3 Å². The minimum atomic E-state index is -0.614. The van der Waals surface area contributed by atoms with Gasteiger partial charge in [-0.2, -0.15) is 0 Å². The minimum Gasteiger partial charge on any atom is -0.344 e. The lowest BCUT2D eigenvalue weighted by Gasteiger charge is -1.98. The average Bonchev–Trinajstić information content (AvgIpc) is 2.39. The Bertz CT molecular complexity index is 554. The summed E-state index contributed by atoms with van der Waals surface area (Å²) in [5.74, 6) is -0.415. The molecule has 18 heavy (non-hydrogen) atoms. The fraction of sp³-hybridized carbons (Fsp3) is 0. The molecule has 0 saturated carbocycles. The normalized spacial score (nSPS) is 9.33. The molecule has 0 aliphatic carbocycles. The summed E-state index contributed by atoms with van der Waals surface area (Å²) in [6, 6.07) is 8.49. The number of carbonyl (C=O) groups excluding carboxylic acids is 1. The molecule has 1 aromatic heterocycles. The molecule has 1 heterocycles. The predicted octanol–water partition coefficient (Wildman–Crippen LogP) is 1.78. The zero-order chi connectivity index (χ0) is 12.3. The first-order valence-corrected chi connectivity index (χ1v) is 4.74. The molecule has 3 N–H and O–H groups in total. The lowest BCUT2D eigenvalue weighted by Crippen LogP contribution is -2.07. The Kier molecular flexibility index (Phi) is 4.16. The van der Waals surface area contributed by atoms with Crippen LogP contribution in [0.3, 0.4) is 0 Å². The highest BCUT2D eigenvalue weighted by molar-refractivity contribution is 6.06. The first-order chi connectivity index (χ1) is 8.18. The number of carbonyl (C=O) groups is 1. The van der Waals surface area contributed by atoms with Gasteiger partial charge in [0, 0.05) is 5.56 Å². The van der Waals surface area contributed by atoms with Gasteiger partial charge in [0.2, 0.25) is 11.6 Å². The molecule has 92 valence electrons.